The molecule has 0 bridgehead atoms. The summed E-state index contributed by atoms with van der Waals surface area (Å²) in [7, 11) is 2.87. The van der Waals surface area contributed by atoms with Crippen LogP contribution in [0.5, 0.6) is 0 Å². The summed E-state index contributed by atoms with van der Waals surface area (Å²) in [5, 5.41) is 5.62. The lowest BCUT2D eigenvalue weighted by molar-refractivity contribution is -0.122. The van der Waals surface area contributed by atoms with Gasteiger partial charge in [-0.2, -0.15) is 0 Å². The maximum atomic E-state index is 13.0. The molecule has 4 amide bonds. The van der Waals surface area contributed by atoms with E-state index < -0.39 is 30.0 Å². The fraction of sp³-hybridized carbons (Fsp3) is 0.231. The number of amides is 4. The minimum Gasteiger partial charge on any atom is -0.444 e. The van der Waals surface area contributed by atoms with Crippen molar-refractivity contribution < 1.29 is 38.1 Å². The van der Waals surface area contributed by atoms with Gasteiger partial charge < -0.3 is 29.6 Å². The van der Waals surface area contributed by atoms with Crippen LogP contribution < -0.4 is 10.6 Å². The molecule has 0 fully saturated rings. The Kier molecular flexibility index (Phi) is 14.7. The molecule has 12 heteroatoms. The van der Waals surface area contributed by atoms with E-state index in [1.807, 2.05) is 97.1 Å². The molecule has 4 aromatic rings. The first-order valence-corrected chi connectivity index (χ1v) is 16.2. The minimum absolute atomic E-state index is 0.0770. The van der Waals surface area contributed by atoms with E-state index in [1.54, 1.807) is 31.2 Å². The molecule has 0 unspecified atom stereocenters. The topological polar surface area (TPSA) is 136 Å². The van der Waals surface area contributed by atoms with Crippen molar-refractivity contribution in [1.82, 2.24) is 9.80 Å². The van der Waals surface area contributed by atoms with Gasteiger partial charge in [0.15, 0.2) is 0 Å². The number of methoxy groups -OCH3 is 2. The maximum Gasteiger partial charge on any atom is 0.412 e. The van der Waals surface area contributed by atoms with Crippen LogP contribution in [0.1, 0.15) is 29.2 Å². The maximum absolute atomic E-state index is 13.0. The summed E-state index contributed by atoms with van der Waals surface area (Å²) < 4.78 is 21.0. The second kappa shape index (κ2) is 19.9. The number of benzene rings is 4. The highest BCUT2D eigenvalue weighted by atomic mass is 16.6. The fourth-order valence-corrected chi connectivity index (χ4v) is 4.70. The number of rotatable bonds is 16. The van der Waals surface area contributed by atoms with Crippen molar-refractivity contribution in [3.8, 4) is 0 Å². The molecule has 4 rings (SSSR count). The molecule has 0 aliphatic carbocycles. The standard InChI is InChI=1S/C39H42N4O8/c1-29(43(28-49-3)39(47)51-26-33-12-8-5-9-13-33)37(45)41-35-22-18-31(19-23-35)15-14-30-16-20-34(21-17-30)40-36(44)24-42(27-48-2)38(46)50-25-32-10-6-4-7-11-32/h4-23,29H,24-28H2,1-3H3,(H,40,44)(H,41,45)/b15-14+/t29-/m0/s1. The van der Waals surface area contributed by atoms with Crippen LogP contribution in [0.15, 0.2) is 109 Å². The highest BCUT2D eigenvalue weighted by Gasteiger charge is 2.27. The lowest BCUT2D eigenvalue weighted by Gasteiger charge is -2.26. The van der Waals surface area contributed by atoms with Gasteiger partial charge in [0.2, 0.25) is 11.8 Å². The average molecular weight is 695 g/mol. The third-order valence-electron chi connectivity index (χ3n) is 7.48. The van der Waals surface area contributed by atoms with Crippen LogP contribution in [0.25, 0.3) is 12.2 Å². The van der Waals surface area contributed by atoms with Crippen molar-refractivity contribution in [1.29, 1.82) is 0 Å². The van der Waals surface area contributed by atoms with Crippen LogP contribution in [0.2, 0.25) is 0 Å². The molecule has 0 aliphatic rings. The van der Waals surface area contributed by atoms with E-state index in [0.29, 0.717) is 11.4 Å². The van der Waals surface area contributed by atoms with Gasteiger partial charge in [0, 0.05) is 25.6 Å². The number of nitrogens with zero attached hydrogens (tertiary/aromatic N) is 2. The van der Waals surface area contributed by atoms with Gasteiger partial charge in [0.05, 0.1) is 0 Å². The third-order valence-corrected chi connectivity index (χ3v) is 7.48. The van der Waals surface area contributed by atoms with E-state index in [2.05, 4.69) is 10.6 Å². The molecule has 1 atom stereocenters. The molecule has 0 aliphatic heterocycles. The normalized spacial score (nSPS) is 11.4. The quantitative estimate of drug-likeness (QED) is 0.0989. The summed E-state index contributed by atoms with van der Waals surface area (Å²) in [5.74, 6) is -0.795. The summed E-state index contributed by atoms with van der Waals surface area (Å²) >= 11 is 0. The molecule has 0 aromatic heterocycles. The second-order valence-electron chi connectivity index (χ2n) is 11.4. The molecular formula is C39H42N4O8. The summed E-state index contributed by atoms with van der Waals surface area (Å²) in [4.78, 5) is 53.4. The number of nitrogens with one attached hydrogen (secondary N) is 2. The van der Waals surface area contributed by atoms with Gasteiger partial charge in [-0.3, -0.25) is 19.4 Å². The van der Waals surface area contributed by atoms with E-state index in [0.717, 1.165) is 22.3 Å². The van der Waals surface area contributed by atoms with Crippen LogP contribution in [0.4, 0.5) is 21.0 Å². The van der Waals surface area contributed by atoms with Gasteiger partial charge in [0.25, 0.3) is 0 Å². The van der Waals surface area contributed by atoms with Crippen molar-refractivity contribution in [2.24, 2.45) is 0 Å². The van der Waals surface area contributed by atoms with Crippen LogP contribution in [-0.2, 0) is 41.8 Å². The van der Waals surface area contributed by atoms with E-state index in [-0.39, 0.29) is 33.2 Å². The monoisotopic (exact) mass is 694 g/mol. The van der Waals surface area contributed by atoms with Crippen LogP contribution >= 0.6 is 0 Å². The van der Waals surface area contributed by atoms with Crippen molar-refractivity contribution >= 4 is 47.5 Å². The van der Waals surface area contributed by atoms with Gasteiger partial charge in [-0.05, 0) is 53.4 Å². The minimum atomic E-state index is -0.855. The SMILES string of the molecule is COCN(CC(=O)Nc1ccc(/C=C/c2ccc(NC(=O)[C@H](C)N(COC)C(=O)OCc3ccccc3)cc2)cc1)C(=O)OCc1ccccc1. The number of carbonyl (C=O) groups excluding carboxylic acids is 4. The van der Waals surface area contributed by atoms with Crippen molar-refractivity contribution in [2.75, 3.05) is 44.9 Å². The number of carbonyl (C=O) groups is 4. The fourth-order valence-electron chi connectivity index (χ4n) is 4.70. The van der Waals surface area contributed by atoms with Gasteiger partial charge >= 0.3 is 12.2 Å². The predicted octanol–water partition coefficient (Wildman–Crippen LogP) is 6.61. The van der Waals surface area contributed by atoms with Crippen molar-refractivity contribution in [2.45, 2.75) is 26.2 Å². The third kappa shape index (κ3) is 12.4. The molecule has 51 heavy (non-hydrogen) atoms. The van der Waals surface area contributed by atoms with E-state index in [4.69, 9.17) is 18.9 Å². The molecule has 4 aromatic carbocycles. The van der Waals surface area contributed by atoms with Crippen LogP contribution in [0.3, 0.4) is 0 Å². The molecule has 2 N–H and O–H groups in total. The predicted molar refractivity (Wildman–Crippen MR) is 194 cm³/mol. The Morgan fingerprint density at radius 2 is 1.10 bits per heavy atom. The van der Waals surface area contributed by atoms with E-state index in [9.17, 15) is 19.2 Å². The van der Waals surface area contributed by atoms with Crippen LogP contribution in [-0.4, -0.2) is 74.1 Å². The summed E-state index contributed by atoms with van der Waals surface area (Å²) in [6.45, 7) is 1.31. The Labute approximate surface area is 297 Å². The molecule has 266 valence electrons. The van der Waals surface area contributed by atoms with Gasteiger partial charge in [-0.25, -0.2) is 9.59 Å². The van der Waals surface area contributed by atoms with Crippen molar-refractivity contribution in [3.05, 3.63) is 131 Å². The molecule has 0 spiro atoms. The highest BCUT2D eigenvalue weighted by Crippen LogP contribution is 2.17. The Morgan fingerprint density at radius 3 is 1.59 bits per heavy atom. The largest absolute Gasteiger partial charge is 0.444 e. The molecular weight excluding hydrogens is 652 g/mol. The first kappa shape index (κ1) is 37.8. The van der Waals surface area contributed by atoms with E-state index in [1.165, 1.54) is 24.0 Å². The Hall–Kier alpha value is -5.98. The Bertz CT molecular complexity index is 1730. The highest BCUT2D eigenvalue weighted by molar-refractivity contribution is 5.96. The average Bonchev–Trinajstić information content (AvgIpc) is 3.15. The number of anilines is 2. The van der Waals surface area contributed by atoms with Crippen molar-refractivity contribution in [3.63, 3.8) is 0 Å². The number of hydrogen-bond acceptors (Lipinski definition) is 8. The summed E-state index contributed by atoms with van der Waals surface area (Å²) in [6.07, 6.45) is 2.50. The molecule has 0 saturated heterocycles. The van der Waals surface area contributed by atoms with Gasteiger partial charge in [0.1, 0.15) is 39.3 Å². The van der Waals surface area contributed by atoms with E-state index >= 15 is 0 Å². The first-order chi connectivity index (χ1) is 24.7. The number of ether oxygens (including phenoxy) is 4. The molecule has 0 heterocycles. The zero-order valence-electron chi connectivity index (χ0n) is 28.8. The lowest BCUT2D eigenvalue weighted by atomic mass is 10.1. The smallest absolute Gasteiger partial charge is 0.412 e. The summed E-state index contributed by atoms with van der Waals surface area (Å²) in [6, 6.07) is 32.1. The van der Waals surface area contributed by atoms with Crippen LogP contribution in [0, 0.1) is 0 Å². The Balaban J connectivity index is 1.25. The zero-order valence-corrected chi connectivity index (χ0v) is 28.8. The zero-order chi connectivity index (χ0) is 36.4. The summed E-state index contributed by atoms with van der Waals surface area (Å²) in [5.41, 5.74) is 4.57. The molecule has 0 saturated carbocycles. The van der Waals surface area contributed by atoms with Gasteiger partial charge in [-0.1, -0.05) is 97.1 Å². The molecule has 0 radical (unpaired) electrons. The van der Waals surface area contributed by atoms with Gasteiger partial charge in [-0.15, -0.1) is 0 Å². The first-order valence-electron chi connectivity index (χ1n) is 16.2. The number of hydrogen-bond donors (Lipinski definition) is 2. The molecule has 12 nitrogen and oxygen atoms in total. The second-order valence-corrected chi connectivity index (χ2v) is 11.4. The lowest BCUT2D eigenvalue weighted by Crippen LogP contribution is -2.46. The Morgan fingerprint density at radius 1 is 0.627 bits per heavy atom.